The Morgan fingerprint density at radius 2 is 2.31 bits per heavy atom. The fourth-order valence-corrected chi connectivity index (χ4v) is 1.87. The lowest BCUT2D eigenvalue weighted by molar-refractivity contribution is -0.117. The maximum Gasteiger partial charge on any atom is 0.322 e. The van der Waals surface area contributed by atoms with Gasteiger partial charge in [0.25, 0.3) is 0 Å². The van der Waals surface area contributed by atoms with E-state index in [1.54, 1.807) is 13.1 Å². The van der Waals surface area contributed by atoms with Gasteiger partial charge >= 0.3 is 6.03 Å². The van der Waals surface area contributed by atoms with Crippen LogP contribution in [0.3, 0.4) is 0 Å². The molecule has 0 aliphatic carbocycles. The number of urea groups is 1. The van der Waals surface area contributed by atoms with E-state index in [1.165, 1.54) is 11.3 Å². The van der Waals surface area contributed by atoms with Crippen molar-refractivity contribution in [3.05, 3.63) is 16.1 Å². The topological polar surface area (TPSA) is 71.1 Å². The summed E-state index contributed by atoms with van der Waals surface area (Å²) in [6.07, 6.45) is 1.74. The van der Waals surface area contributed by atoms with Crippen molar-refractivity contribution in [2.45, 2.75) is 19.9 Å². The zero-order chi connectivity index (χ0) is 12.1. The number of aromatic nitrogens is 1. The Labute approximate surface area is 102 Å². The van der Waals surface area contributed by atoms with Crippen LogP contribution in [0.5, 0.6) is 0 Å². The predicted octanol–water partition coefficient (Wildman–Crippen LogP) is 1.58. The van der Waals surface area contributed by atoms with Crippen LogP contribution in [0, 0.1) is 6.92 Å². The molecule has 88 valence electrons. The van der Waals surface area contributed by atoms with Crippen molar-refractivity contribution in [2.75, 3.05) is 5.88 Å². The first kappa shape index (κ1) is 12.9. The summed E-state index contributed by atoms with van der Waals surface area (Å²) in [5.74, 6) is -0.764. The van der Waals surface area contributed by atoms with Crippen molar-refractivity contribution in [3.63, 3.8) is 0 Å². The molecule has 0 aromatic carbocycles. The van der Waals surface area contributed by atoms with Crippen LogP contribution in [0.4, 0.5) is 4.79 Å². The molecule has 2 N–H and O–H groups in total. The van der Waals surface area contributed by atoms with E-state index in [1.807, 2.05) is 6.92 Å². The van der Waals surface area contributed by atoms with Crippen molar-refractivity contribution in [1.29, 1.82) is 0 Å². The molecule has 0 saturated carbocycles. The van der Waals surface area contributed by atoms with Gasteiger partial charge < -0.3 is 5.32 Å². The molecule has 5 nitrogen and oxygen atoms in total. The molecule has 1 heterocycles. The second-order valence-electron chi connectivity index (χ2n) is 3.19. The van der Waals surface area contributed by atoms with Gasteiger partial charge in [0.1, 0.15) is 10.9 Å². The van der Waals surface area contributed by atoms with Crippen molar-refractivity contribution >= 4 is 34.9 Å². The highest BCUT2D eigenvalue weighted by Gasteiger charge is 2.13. The quantitative estimate of drug-likeness (QED) is 0.812. The van der Waals surface area contributed by atoms with Crippen LogP contribution in [0.15, 0.2) is 6.20 Å². The number of amides is 3. The first-order valence-corrected chi connectivity index (χ1v) is 5.96. The third kappa shape index (κ3) is 3.79. The smallest absolute Gasteiger partial charge is 0.322 e. The zero-order valence-corrected chi connectivity index (χ0v) is 10.5. The molecule has 1 atom stereocenters. The third-order valence-corrected chi connectivity index (χ3v) is 3.07. The van der Waals surface area contributed by atoms with Crippen molar-refractivity contribution in [3.8, 4) is 0 Å². The Morgan fingerprint density at radius 1 is 1.62 bits per heavy atom. The third-order valence-electron chi connectivity index (χ3n) is 1.73. The molecular formula is C9H12ClN3O2S. The van der Waals surface area contributed by atoms with E-state index in [0.29, 0.717) is 0 Å². The van der Waals surface area contributed by atoms with Crippen molar-refractivity contribution < 1.29 is 9.59 Å². The number of nitrogens with one attached hydrogen (secondary N) is 2. The summed E-state index contributed by atoms with van der Waals surface area (Å²) in [6.45, 7) is 3.73. The number of aryl methyl sites for hydroxylation is 1. The molecule has 0 spiro atoms. The van der Waals surface area contributed by atoms with Crippen LogP contribution < -0.4 is 10.6 Å². The van der Waals surface area contributed by atoms with E-state index in [0.717, 1.165) is 9.88 Å². The van der Waals surface area contributed by atoms with Crippen LogP contribution in [0.1, 0.15) is 22.9 Å². The Bertz CT molecular complexity index is 394. The molecule has 0 fully saturated rings. The van der Waals surface area contributed by atoms with E-state index in [-0.39, 0.29) is 11.9 Å². The Kier molecular flexibility index (Phi) is 4.70. The Morgan fingerprint density at radius 3 is 2.81 bits per heavy atom. The summed E-state index contributed by atoms with van der Waals surface area (Å²) in [4.78, 5) is 27.3. The number of rotatable bonds is 3. The molecule has 0 aliphatic rings. The van der Waals surface area contributed by atoms with Crippen molar-refractivity contribution in [1.82, 2.24) is 15.6 Å². The number of halogens is 1. The summed E-state index contributed by atoms with van der Waals surface area (Å²) in [7, 11) is 0. The average molecular weight is 262 g/mol. The number of alkyl halides is 1. The first-order valence-electron chi connectivity index (χ1n) is 4.61. The summed E-state index contributed by atoms with van der Waals surface area (Å²) in [5.41, 5.74) is 0. The molecule has 7 heteroatoms. The lowest BCUT2D eigenvalue weighted by Crippen LogP contribution is -2.41. The van der Waals surface area contributed by atoms with Crippen LogP contribution >= 0.6 is 22.9 Å². The van der Waals surface area contributed by atoms with E-state index >= 15 is 0 Å². The number of thiazole rings is 1. The minimum Gasteiger partial charge on any atom is -0.329 e. The molecule has 1 aromatic rings. The van der Waals surface area contributed by atoms with Crippen LogP contribution in [-0.2, 0) is 4.79 Å². The molecule has 3 amide bonds. The zero-order valence-electron chi connectivity index (χ0n) is 8.91. The number of nitrogens with zero attached hydrogens (tertiary/aromatic N) is 1. The van der Waals surface area contributed by atoms with E-state index in [2.05, 4.69) is 15.6 Å². The summed E-state index contributed by atoms with van der Waals surface area (Å²) in [5, 5.41) is 5.48. The molecular weight excluding hydrogens is 250 g/mol. The second kappa shape index (κ2) is 5.81. The molecule has 0 saturated heterocycles. The van der Waals surface area contributed by atoms with Gasteiger partial charge in [-0.2, -0.15) is 0 Å². The van der Waals surface area contributed by atoms with Crippen LogP contribution in [0.2, 0.25) is 0 Å². The minimum atomic E-state index is -0.564. The second-order valence-corrected chi connectivity index (χ2v) is 4.72. The molecule has 1 unspecified atom stereocenters. The first-order chi connectivity index (χ1) is 7.52. The molecule has 0 aliphatic heterocycles. The van der Waals surface area contributed by atoms with Gasteiger partial charge in [0, 0.05) is 11.1 Å². The number of hydrogen-bond acceptors (Lipinski definition) is 4. The highest BCUT2D eigenvalue weighted by molar-refractivity contribution is 7.11. The summed E-state index contributed by atoms with van der Waals surface area (Å²) < 4.78 is 0. The van der Waals surface area contributed by atoms with Gasteiger partial charge in [0.2, 0.25) is 5.91 Å². The predicted molar refractivity (Wildman–Crippen MR) is 62.7 cm³/mol. The van der Waals surface area contributed by atoms with Crippen molar-refractivity contribution in [2.24, 2.45) is 0 Å². The van der Waals surface area contributed by atoms with Crippen LogP contribution in [0.25, 0.3) is 0 Å². The summed E-state index contributed by atoms with van der Waals surface area (Å²) in [6, 6.07) is -0.798. The van der Waals surface area contributed by atoms with Gasteiger partial charge in [0.05, 0.1) is 6.04 Å². The number of imide groups is 1. The maximum absolute atomic E-state index is 11.3. The number of carbonyl (C=O) groups is 2. The standard InChI is InChI=1S/C9H12ClN3O2S/c1-5-4-11-8(16-5)6(2)12-9(15)13-7(14)3-10/h4,6H,3H2,1-2H3,(H2,12,13,14,15). The highest BCUT2D eigenvalue weighted by atomic mass is 35.5. The highest BCUT2D eigenvalue weighted by Crippen LogP contribution is 2.18. The minimum absolute atomic E-state index is 0.234. The van der Waals surface area contributed by atoms with Gasteiger partial charge in [-0.25, -0.2) is 9.78 Å². The van der Waals surface area contributed by atoms with E-state index in [9.17, 15) is 9.59 Å². The summed E-state index contributed by atoms with van der Waals surface area (Å²) >= 11 is 6.75. The SMILES string of the molecule is Cc1cnc(C(C)NC(=O)NC(=O)CCl)s1. The Balaban J connectivity index is 2.48. The largest absolute Gasteiger partial charge is 0.329 e. The maximum atomic E-state index is 11.3. The van der Waals surface area contributed by atoms with Gasteiger partial charge in [0.15, 0.2) is 0 Å². The van der Waals surface area contributed by atoms with E-state index < -0.39 is 11.9 Å². The van der Waals surface area contributed by atoms with E-state index in [4.69, 9.17) is 11.6 Å². The lowest BCUT2D eigenvalue weighted by atomic mass is 10.4. The van der Waals surface area contributed by atoms with Gasteiger partial charge in [-0.15, -0.1) is 22.9 Å². The molecule has 1 aromatic heterocycles. The number of carbonyl (C=O) groups excluding carboxylic acids is 2. The van der Waals surface area contributed by atoms with Gasteiger partial charge in [-0.1, -0.05) is 0 Å². The normalized spacial score (nSPS) is 11.9. The monoisotopic (exact) mass is 261 g/mol. The fraction of sp³-hybridized carbons (Fsp3) is 0.444. The van der Waals surface area contributed by atoms with Gasteiger partial charge in [-0.3, -0.25) is 10.1 Å². The number of hydrogen-bond donors (Lipinski definition) is 2. The van der Waals surface area contributed by atoms with Gasteiger partial charge in [-0.05, 0) is 13.8 Å². The molecule has 0 bridgehead atoms. The Hall–Kier alpha value is -1.14. The molecule has 16 heavy (non-hydrogen) atoms. The van der Waals surface area contributed by atoms with Crippen LogP contribution in [-0.4, -0.2) is 22.8 Å². The molecule has 1 rings (SSSR count). The lowest BCUT2D eigenvalue weighted by Gasteiger charge is -2.10. The fourth-order valence-electron chi connectivity index (χ4n) is 1.03. The molecule has 0 radical (unpaired) electrons. The average Bonchev–Trinajstić information content (AvgIpc) is 2.64.